The molecule has 1 spiro atoms. The van der Waals surface area contributed by atoms with Gasteiger partial charge in [0, 0.05) is 18.0 Å². The van der Waals surface area contributed by atoms with Crippen molar-refractivity contribution in [3.05, 3.63) is 23.3 Å². The number of methoxy groups -OCH3 is 2. The van der Waals surface area contributed by atoms with Gasteiger partial charge in [-0.2, -0.15) is 0 Å². The largest absolute Gasteiger partial charge is 0.493 e. The molecule has 0 aromatic heterocycles. The van der Waals surface area contributed by atoms with E-state index >= 15 is 0 Å². The maximum Gasteiger partial charge on any atom is 0.161 e. The normalized spacial score (nSPS) is 24.3. The standard InChI is InChI=1S/C16H23NO2/c1-11-12-8-14(18-2)15(19-3)9-13(12)16(10-17-11)6-4-5-7-16/h8-9,11,17H,4-7,10H2,1-3H3/t11-/m0/s1. The van der Waals surface area contributed by atoms with Gasteiger partial charge in [-0.05, 0) is 43.0 Å². The van der Waals surface area contributed by atoms with E-state index in [1.807, 2.05) is 0 Å². The minimum atomic E-state index is 0.321. The summed E-state index contributed by atoms with van der Waals surface area (Å²) in [5, 5.41) is 3.66. The first-order chi connectivity index (χ1) is 9.20. The number of hydrogen-bond donors (Lipinski definition) is 1. The molecule has 2 aliphatic rings. The van der Waals surface area contributed by atoms with E-state index in [0.717, 1.165) is 18.0 Å². The maximum absolute atomic E-state index is 5.49. The molecule has 1 aromatic rings. The molecule has 3 nitrogen and oxygen atoms in total. The van der Waals surface area contributed by atoms with Crippen molar-refractivity contribution in [2.75, 3.05) is 20.8 Å². The first-order valence-electron chi connectivity index (χ1n) is 7.20. The number of ether oxygens (including phenoxy) is 2. The smallest absolute Gasteiger partial charge is 0.161 e. The molecule has 0 saturated heterocycles. The molecule has 1 atom stereocenters. The molecule has 1 heterocycles. The monoisotopic (exact) mass is 261 g/mol. The first-order valence-corrected chi connectivity index (χ1v) is 7.20. The Morgan fingerprint density at radius 1 is 1.11 bits per heavy atom. The molecule has 0 bridgehead atoms. The summed E-state index contributed by atoms with van der Waals surface area (Å²) in [7, 11) is 3.42. The summed E-state index contributed by atoms with van der Waals surface area (Å²) >= 11 is 0. The quantitative estimate of drug-likeness (QED) is 0.887. The second-order valence-electron chi connectivity index (χ2n) is 5.88. The fourth-order valence-corrected chi connectivity index (χ4v) is 3.76. The number of fused-ring (bicyclic) bond motifs is 2. The van der Waals surface area contributed by atoms with E-state index in [4.69, 9.17) is 9.47 Å². The molecule has 0 radical (unpaired) electrons. The lowest BCUT2D eigenvalue weighted by Gasteiger charge is -2.40. The van der Waals surface area contributed by atoms with Gasteiger partial charge in [0.05, 0.1) is 14.2 Å². The molecule has 19 heavy (non-hydrogen) atoms. The molecule has 3 heteroatoms. The molecule has 1 aromatic carbocycles. The van der Waals surface area contributed by atoms with Gasteiger partial charge in [-0.25, -0.2) is 0 Å². The van der Waals surface area contributed by atoms with Gasteiger partial charge in [0.1, 0.15) is 0 Å². The molecule has 0 unspecified atom stereocenters. The third-order valence-corrected chi connectivity index (χ3v) is 4.90. The third kappa shape index (κ3) is 1.91. The summed E-state index contributed by atoms with van der Waals surface area (Å²) in [6, 6.07) is 4.77. The zero-order valence-corrected chi connectivity index (χ0v) is 12.1. The molecule has 1 fully saturated rings. The van der Waals surface area contributed by atoms with Crippen molar-refractivity contribution >= 4 is 0 Å². The maximum atomic E-state index is 5.49. The van der Waals surface area contributed by atoms with Crippen LogP contribution < -0.4 is 14.8 Å². The average molecular weight is 261 g/mol. The van der Waals surface area contributed by atoms with Crippen molar-refractivity contribution < 1.29 is 9.47 Å². The van der Waals surface area contributed by atoms with E-state index in [-0.39, 0.29) is 0 Å². The van der Waals surface area contributed by atoms with Crippen molar-refractivity contribution in [1.82, 2.24) is 5.32 Å². The van der Waals surface area contributed by atoms with E-state index in [0.29, 0.717) is 11.5 Å². The van der Waals surface area contributed by atoms with Gasteiger partial charge in [-0.15, -0.1) is 0 Å². The lowest BCUT2D eigenvalue weighted by atomic mass is 9.72. The topological polar surface area (TPSA) is 30.5 Å². The van der Waals surface area contributed by atoms with Gasteiger partial charge < -0.3 is 14.8 Å². The Morgan fingerprint density at radius 2 is 1.74 bits per heavy atom. The van der Waals surface area contributed by atoms with Crippen LogP contribution in [0.25, 0.3) is 0 Å². The van der Waals surface area contributed by atoms with Gasteiger partial charge in [0.2, 0.25) is 0 Å². The Kier molecular flexibility index (Phi) is 3.17. The summed E-state index contributed by atoms with van der Waals surface area (Å²) in [6.45, 7) is 3.32. The molecule has 1 saturated carbocycles. The number of hydrogen-bond acceptors (Lipinski definition) is 3. The van der Waals surface area contributed by atoms with Crippen molar-refractivity contribution in [1.29, 1.82) is 0 Å². The summed E-state index contributed by atoms with van der Waals surface area (Å²) in [5.74, 6) is 1.70. The summed E-state index contributed by atoms with van der Waals surface area (Å²) < 4.78 is 10.9. The summed E-state index contributed by atoms with van der Waals surface area (Å²) in [5.41, 5.74) is 3.18. The van der Waals surface area contributed by atoms with Crippen LogP contribution in [0.15, 0.2) is 12.1 Å². The van der Waals surface area contributed by atoms with Crippen molar-refractivity contribution in [2.45, 2.75) is 44.1 Å². The lowest BCUT2D eigenvalue weighted by molar-refractivity contribution is 0.330. The highest BCUT2D eigenvalue weighted by Gasteiger charge is 2.41. The van der Waals surface area contributed by atoms with E-state index in [1.165, 1.54) is 36.8 Å². The van der Waals surface area contributed by atoms with Crippen LogP contribution in [-0.2, 0) is 5.41 Å². The van der Waals surface area contributed by atoms with Gasteiger partial charge in [-0.3, -0.25) is 0 Å². The SMILES string of the molecule is COc1cc2c(cc1OC)C1(CCCC1)CN[C@H]2C. The van der Waals surface area contributed by atoms with Gasteiger partial charge in [-0.1, -0.05) is 12.8 Å². The number of nitrogens with one attached hydrogen (secondary N) is 1. The second-order valence-corrected chi connectivity index (χ2v) is 5.88. The zero-order valence-electron chi connectivity index (χ0n) is 12.1. The third-order valence-electron chi connectivity index (χ3n) is 4.90. The summed E-state index contributed by atoms with van der Waals surface area (Å²) in [4.78, 5) is 0. The van der Waals surface area contributed by atoms with Crippen LogP contribution in [0.1, 0.15) is 49.8 Å². The predicted octanol–water partition coefficient (Wildman–Crippen LogP) is 3.18. The zero-order chi connectivity index (χ0) is 13.5. The summed E-state index contributed by atoms with van der Waals surface area (Å²) in [6.07, 6.45) is 5.25. The van der Waals surface area contributed by atoms with E-state index < -0.39 is 0 Å². The van der Waals surface area contributed by atoms with Crippen LogP contribution in [0.5, 0.6) is 11.5 Å². The second kappa shape index (κ2) is 4.71. The predicted molar refractivity (Wildman–Crippen MR) is 76.1 cm³/mol. The Hall–Kier alpha value is -1.22. The highest BCUT2D eigenvalue weighted by Crippen LogP contribution is 2.48. The van der Waals surface area contributed by atoms with Crippen LogP contribution in [0, 0.1) is 0 Å². The molecule has 0 amide bonds. The van der Waals surface area contributed by atoms with E-state index in [1.54, 1.807) is 14.2 Å². The van der Waals surface area contributed by atoms with Gasteiger partial charge >= 0.3 is 0 Å². The van der Waals surface area contributed by atoms with Crippen LogP contribution in [-0.4, -0.2) is 20.8 Å². The van der Waals surface area contributed by atoms with E-state index in [2.05, 4.69) is 24.4 Å². The van der Waals surface area contributed by atoms with Crippen molar-refractivity contribution in [3.8, 4) is 11.5 Å². The van der Waals surface area contributed by atoms with Crippen LogP contribution in [0.3, 0.4) is 0 Å². The minimum absolute atomic E-state index is 0.321. The molecule has 104 valence electrons. The Balaban J connectivity index is 2.15. The van der Waals surface area contributed by atoms with E-state index in [9.17, 15) is 0 Å². The molecular formula is C16H23NO2. The molecule has 3 rings (SSSR count). The highest BCUT2D eigenvalue weighted by atomic mass is 16.5. The van der Waals surface area contributed by atoms with Crippen LogP contribution >= 0.6 is 0 Å². The highest BCUT2D eigenvalue weighted by molar-refractivity contribution is 5.52. The molecular weight excluding hydrogens is 238 g/mol. The Labute approximate surface area is 115 Å². The number of benzene rings is 1. The van der Waals surface area contributed by atoms with Gasteiger partial charge in [0.25, 0.3) is 0 Å². The van der Waals surface area contributed by atoms with Crippen LogP contribution in [0.2, 0.25) is 0 Å². The lowest BCUT2D eigenvalue weighted by Crippen LogP contribution is -2.43. The number of rotatable bonds is 2. The first kappa shape index (κ1) is 12.8. The van der Waals surface area contributed by atoms with Crippen LogP contribution in [0.4, 0.5) is 0 Å². The van der Waals surface area contributed by atoms with Gasteiger partial charge in [0.15, 0.2) is 11.5 Å². The minimum Gasteiger partial charge on any atom is -0.493 e. The fraction of sp³-hybridized carbons (Fsp3) is 0.625. The van der Waals surface area contributed by atoms with Crippen molar-refractivity contribution in [3.63, 3.8) is 0 Å². The Bertz CT molecular complexity index is 478. The van der Waals surface area contributed by atoms with Crippen molar-refractivity contribution in [2.24, 2.45) is 0 Å². The molecule has 1 aliphatic heterocycles. The Morgan fingerprint density at radius 3 is 2.37 bits per heavy atom. The molecule has 1 N–H and O–H groups in total. The average Bonchev–Trinajstić information content (AvgIpc) is 2.91. The fourth-order valence-electron chi connectivity index (χ4n) is 3.76. The molecule has 1 aliphatic carbocycles.